The molecule has 0 aromatic heterocycles. The average Bonchev–Trinajstić information content (AvgIpc) is 2.68. The molecule has 2 heteroatoms. The Balaban J connectivity index is 1.75. The minimum atomic E-state index is -0.323. The van der Waals surface area contributed by atoms with Gasteiger partial charge in [0, 0.05) is 24.3 Å². The summed E-state index contributed by atoms with van der Waals surface area (Å²) in [5.74, 6) is 0.448. The number of Topliss-reactive ketones (excluding diaryl/α,β-unsaturated/α-hetero) is 2. The highest BCUT2D eigenvalue weighted by molar-refractivity contribution is 6.00. The highest BCUT2D eigenvalue weighted by Gasteiger charge is 2.27. The van der Waals surface area contributed by atoms with Crippen molar-refractivity contribution < 1.29 is 9.59 Å². The van der Waals surface area contributed by atoms with E-state index < -0.39 is 0 Å². The van der Waals surface area contributed by atoms with E-state index in [9.17, 15) is 9.59 Å². The molecule has 0 radical (unpaired) electrons. The van der Waals surface area contributed by atoms with Gasteiger partial charge in [-0.2, -0.15) is 0 Å². The lowest BCUT2D eigenvalue weighted by atomic mass is 9.80. The fraction of sp³-hybridized carbons (Fsp3) is 0.391. The van der Waals surface area contributed by atoms with Gasteiger partial charge in [-0.25, -0.2) is 0 Å². The normalized spacial score (nSPS) is 16.3. The van der Waals surface area contributed by atoms with E-state index in [1.54, 1.807) is 0 Å². The molecule has 0 bridgehead atoms. The van der Waals surface area contributed by atoms with Crippen molar-refractivity contribution in [3.8, 4) is 0 Å². The maximum absolute atomic E-state index is 13.0. The molecule has 3 rings (SSSR count). The molecule has 1 fully saturated rings. The van der Waals surface area contributed by atoms with E-state index in [1.165, 1.54) is 19.3 Å². The van der Waals surface area contributed by atoms with Crippen molar-refractivity contribution in [2.45, 2.75) is 50.9 Å². The van der Waals surface area contributed by atoms with E-state index in [4.69, 9.17) is 0 Å². The van der Waals surface area contributed by atoms with Crippen LogP contribution in [-0.2, 0) is 4.79 Å². The Labute approximate surface area is 150 Å². The molecule has 1 unspecified atom stereocenters. The Morgan fingerprint density at radius 2 is 1.44 bits per heavy atom. The molecule has 25 heavy (non-hydrogen) atoms. The minimum absolute atomic E-state index is 0.0476. The Bertz CT molecular complexity index is 685. The first-order valence-electron chi connectivity index (χ1n) is 9.40. The van der Waals surface area contributed by atoms with Crippen molar-refractivity contribution in [3.63, 3.8) is 0 Å². The van der Waals surface area contributed by atoms with E-state index in [0.29, 0.717) is 17.9 Å². The molecule has 2 aromatic carbocycles. The molecule has 0 aliphatic heterocycles. The second kappa shape index (κ2) is 8.75. The highest BCUT2D eigenvalue weighted by Crippen LogP contribution is 2.31. The van der Waals surface area contributed by atoms with Gasteiger partial charge in [-0.15, -0.1) is 0 Å². The molecule has 1 atom stereocenters. The fourth-order valence-electron chi connectivity index (χ4n) is 3.85. The highest BCUT2D eigenvalue weighted by atomic mass is 16.1. The smallest absolute Gasteiger partial charge is 0.163 e. The number of benzene rings is 2. The summed E-state index contributed by atoms with van der Waals surface area (Å²) in [6.07, 6.45) is 6.94. The summed E-state index contributed by atoms with van der Waals surface area (Å²) in [6, 6.07) is 19.1. The number of hydrogen-bond acceptors (Lipinski definition) is 2. The molecule has 1 aliphatic carbocycles. The van der Waals surface area contributed by atoms with Gasteiger partial charge in [-0.05, 0) is 11.5 Å². The Morgan fingerprint density at radius 3 is 2.08 bits per heavy atom. The van der Waals surface area contributed by atoms with Gasteiger partial charge >= 0.3 is 0 Å². The van der Waals surface area contributed by atoms with Gasteiger partial charge < -0.3 is 0 Å². The minimum Gasteiger partial charge on any atom is -0.299 e. The van der Waals surface area contributed by atoms with Crippen LogP contribution in [-0.4, -0.2) is 11.6 Å². The van der Waals surface area contributed by atoms with Crippen LogP contribution in [0.25, 0.3) is 0 Å². The summed E-state index contributed by atoms with van der Waals surface area (Å²) in [5.41, 5.74) is 1.65. The predicted molar refractivity (Wildman–Crippen MR) is 101 cm³/mol. The monoisotopic (exact) mass is 334 g/mol. The molecular formula is C23H26O2. The van der Waals surface area contributed by atoms with E-state index in [2.05, 4.69) is 0 Å². The topological polar surface area (TPSA) is 34.1 Å². The molecule has 130 valence electrons. The predicted octanol–water partition coefficient (Wildman–Crippen LogP) is 5.58. The molecule has 0 N–H and O–H groups in total. The van der Waals surface area contributed by atoms with Crippen molar-refractivity contribution in [2.75, 3.05) is 0 Å². The third-order valence-corrected chi connectivity index (χ3v) is 5.29. The van der Waals surface area contributed by atoms with Crippen molar-refractivity contribution in [3.05, 3.63) is 71.8 Å². The quantitative estimate of drug-likeness (QED) is 0.619. The largest absolute Gasteiger partial charge is 0.299 e. The number of carbonyl (C=O) groups excluding carboxylic acids is 2. The number of carbonyl (C=O) groups is 2. The standard InChI is InChI=1S/C23H26O2/c24-22(20-14-8-3-9-15-20)17-21(19-12-6-2-7-13-19)23(25)16-18-10-4-1-5-11-18/h2-3,6-9,12-15,18,21H,1,4-5,10-11,16-17H2. The molecule has 1 saturated carbocycles. The SMILES string of the molecule is O=C(CC(C(=O)CC1CCCCC1)c1ccccc1)c1ccccc1. The van der Waals surface area contributed by atoms with Gasteiger partial charge in [0.1, 0.15) is 5.78 Å². The Hall–Kier alpha value is -2.22. The third-order valence-electron chi connectivity index (χ3n) is 5.29. The summed E-state index contributed by atoms with van der Waals surface area (Å²) in [4.78, 5) is 25.7. The van der Waals surface area contributed by atoms with Gasteiger partial charge in [0.25, 0.3) is 0 Å². The van der Waals surface area contributed by atoms with Crippen molar-refractivity contribution >= 4 is 11.6 Å². The van der Waals surface area contributed by atoms with Gasteiger partial charge in [0.15, 0.2) is 5.78 Å². The van der Waals surface area contributed by atoms with Crippen molar-refractivity contribution in [1.29, 1.82) is 0 Å². The summed E-state index contributed by atoms with van der Waals surface area (Å²) >= 11 is 0. The Morgan fingerprint density at radius 1 is 0.840 bits per heavy atom. The zero-order valence-corrected chi connectivity index (χ0v) is 14.7. The lowest BCUT2D eigenvalue weighted by Crippen LogP contribution is -2.21. The van der Waals surface area contributed by atoms with Crippen LogP contribution in [0.5, 0.6) is 0 Å². The van der Waals surface area contributed by atoms with Gasteiger partial charge in [0.05, 0.1) is 0 Å². The molecule has 0 amide bonds. The Kier molecular flexibility index (Phi) is 6.16. The maximum Gasteiger partial charge on any atom is 0.163 e. The molecular weight excluding hydrogens is 308 g/mol. The van der Waals surface area contributed by atoms with Crippen LogP contribution in [0.3, 0.4) is 0 Å². The van der Waals surface area contributed by atoms with Crippen molar-refractivity contribution in [1.82, 2.24) is 0 Å². The number of hydrogen-bond donors (Lipinski definition) is 0. The van der Waals surface area contributed by atoms with Gasteiger partial charge in [0.2, 0.25) is 0 Å². The first kappa shape index (κ1) is 17.6. The van der Waals surface area contributed by atoms with E-state index in [1.807, 2.05) is 60.7 Å². The lowest BCUT2D eigenvalue weighted by Gasteiger charge is -2.23. The number of rotatable bonds is 7. The second-order valence-electron chi connectivity index (χ2n) is 7.13. The van der Waals surface area contributed by atoms with E-state index >= 15 is 0 Å². The molecule has 0 saturated heterocycles. The van der Waals surface area contributed by atoms with E-state index in [0.717, 1.165) is 18.4 Å². The first-order chi connectivity index (χ1) is 12.2. The second-order valence-corrected chi connectivity index (χ2v) is 7.13. The van der Waals surface area contributed by atoms with Crippen LogP contribution in [0.2, 0.25) is 0 Å². The van der Waals surface area contributed by atoms with E-state index in [-0.39, 0.29) is 23.9 Å². The molecule has 2 nitrogen and oxygen atoms in total. The lowest BCUT2D eigenvalue weighted by molar-refractivity contribution is -0.121. The fourth-order valence-corrected chi connectivity index (χ4v) is 3.85. The number of ketones is 2. The van der Waals surface area contributed by atoms with Crippen LogP contribution in [0.4, 0.5) is 0 Å². The van der Waals surface area contributed by atoms with Crippen molar-refractivity contribution in [2.24, 2.45) is 5.92 Å². The van der Waals surface area contributed by atoms with Gasteiger partial charge in [-0.1, -0.05) is 92.8 Å². The molecule has 2 aromatic rings. The third kappa shape index (κ3) is 4.88. The summed E-state index contributed by atoms with van der Waals surface area (Å²) in [6.45, 7) is 0. The molecule has 0 spiro atoms. The van der Waals surface area contributed by atoms with Crippen LogP contribution in [0.15, 0.2) is 60.7 Å². The summed E-state index contributed by atoms with van der Waals surface area (Å²) < 4.78 is 0. The summed E-state index contributed by atoms with van der Waals surface area (Å²) in [7, 11) is 0. The summed E-state index contributed by atoms with van der Waals surface area (Å²) in [5, 5.41) is 0. The molecule has 0 heterocycles. The first-order valence-corrected chi connectivity index (χ1v) is 9.40. The average molecular weight is 334 g/mol. The van der Waals surface area contributed by atoms with Gasteiger partial charge in [-0.3, -0.25) is 9.59 Å². The zero-order valence-electron chi connectivity index (χ0n) is 14.7. The van der Waals surface area contributed by atoms with Crippen LogP contribution < -0.4 is 0 Å². The zero-order chi connectivity index (χ0) is 17.5. The van der Waals surface area contributed by atoms with Crippen LogP contribution in [0.1, 0.15) is 66.8 Å². The van der Waals surface area contributed by atoms with Crippen LogP contribution >= 0.6 is 0 Å². The van der Waals surface area contributed by atoms with Crippen LogP contribution in [0, 0.1) is 5.92 Å². The maximum atomic E-state index is 13.0. The molecule has 1 aliphatic rings.